The number of nitrogens with zero attached hydrogens (tertiary/aromatic N) is 1. The van der Waals surface area contributed by atoms with Crippen LogP contribution in [0.25, 0.3) is 0 Å². The number of ether oxygens (including phenoxy) is 2. The number of oxazole rings is 1. The first-order valence-electron chi connectivity index (χ1n) is 6.54. The number of nitrogens with one attached hydrogen (secondary N) is 1. The molecule has 21 heavy (non-hydrogen) atoms. The Morgan fingerprint density at radius 2 is 2.24 bits per heavy atom. The number of nitrogen functional groups attached to an aromatic ring is 1. The number of benzene rings is 1. The zero-order chi connectivity index (χ0) is 15.1. The maximum absolute atomic E-state index is 11.4. The smallest absolute Gasteiger partial charge is 0.360 e. The van der Waals surface area contributed by atoms with Crippen molar-refractivity contribution in [1.29, 1.82) is 0 Å². The number of rotatable bonds is 7. The molecule has 1 heterocycles. The molecule has 0 spiro atoms. The molecule has 0 atom stereocenters. The molecule has 0 unspecified atom stereocenters. The maximum atomic E-state index is 11.4. The second-order valence-corrected chi connectivity index (χ2v) is 4.07. The molecule has 0 saturated heterocycles. The summed E-state index contributed by atoms with van der Waals surface area (Å²) in [6, 6.07) is 7.48. The second kappa shape index (κ2) is 7.18. The first-order valence-corrected chi connectivity index (χ1v) is 6.54. The third-order valence-electron chi connectivity index (χ3n) is 2.54. The van der Waals surface area contributed by atoms with Gasteiger partial charge in [0, 0.05) is 0 Å². The SMILES string of the molecule is CCOC(=O)c1coc(NCCOc2ccccc2N)n1. The molecule has 0 bridgehead atoms. The number of hydrogen-bond donors (Lipinski definition) is 2. The van der Waals surface area contributed by atoms with Gasteiger partial charge in [0.05, 0.1) is 18.8 Å². The lowest BCUT2D eigenvalue weighted by atomic mass is 10.3. The number of nitrogens with two attached hydrogens (primary N) is 1. The van der Waals surface area contributed by atoms with E-state index in [9.17, 15) is 4.79 Å². The van der Waals surface area contributed by atoms with Crippen molar-refractivity contribution in [3.63, 3.8) is 0 Å². The molecule has 2 rings (SSSR count). The summed E-state index contributed by atoms with van der Waals surface area (Å²) >= 11 is 0. The minimum absolute atomic E-state index is 0.132. The molecule has 0 aliphatic rings. The summed E-state index contributed by atoms with van der Waals surface area (Å²) in [6.07, 6.45) is 1.25. The van der Waals surface area contributed by atoms with Crippen molar-refractivity contribution in [2.24, 2.45) is 0 Å². The van der Waals surface area contributed by atoms with Gasteiger partial charge in [-0.3, -0.25) is 0 Å². The van der Waals surface area contributed by atoms with Crippen LogP contribution >= 0.6 is 0 Å². The van der Waals surface area contributed by atoms with Crippen molar-refractivity contribution in [3.05, 3.63) is 36.2 Å². The van der Waals surface area contributed by atoms with Crippen LogP contribution in [0.5, 0.6) is 5.75 Å². The van der Waals surface area contributed by atoms with Crippen LogP contribution in [0.4, 0.5) is 11.7 Å². The summed E-state index contributed by atoms with van der Waals surface area (Å²) in [5.41, 5.74) is 6.47. The van der Waals surface area contributed by atoms with Gasteiger partial charge in [0.1, 0.15) is 18.6 Å². The number of aromatic nitrogens is 1. The van der Waals surface area contributed by atoms with Gasteiger partial charge in [-0.1, -0.05) is 12.1 Å². The van der Waals surface area contributed by atoms with E-state index in [2.05, 4.69) is 10.3 Å². The molecule has 2 aromatic rings. The summed E-state index contributed by atoms with van der Waals surface area (Å²) in [7, 11) is 0. The Kier molecular flexibility index (Phi) is 5.03. The molecule has 112 valence electrons. The molecule has 7 nitrogen and oxygen atoms in total. The Hall–Kier alpha value is -2.70. The van der Waals surface area contributed by atoms with Crippen LogP contribution in [0.2, 0.25) is 0 Å². The first kappa shape index (κ1) is 14.7. The highest BCUT2D eigenvalue weighted by Gasteiger charge is 2.12. The summed E-state index contributed by atoms with van der Waals surface area (Å²) in [6.45, 7) is 2.85. The van der Waals surface area contributed by atoms with E-state index in [1.54, 1.807) is 19.1 Å². The molecular formula is C14H17N3O4. The van der Waals surface area contributed by atoms with Crippen molar-refractivity contribution < 1.29 is 18.7 Å². The number of carbonyl (C=O) groups is 1. The lowest BCUT2D eigenvalue weighted by molar-refractivity contribution is 0.0519. The fourth-order valence-electron chi connectivity index (χ4n) is 1.58. The van der Waals surface area contributed by atoms with Crippen LogP contribution in [0.3, 0.4) is 0 Å². The average molecular weight is 291 g/mol. The van der Waals surface area contributed by atoms with E-state index in [1.807, 2.05) is 12.1 Å². The molecule has 0 radical (unpaired) electrons. The maximum Gasteiger partial charge on any atom is 0.360 e. The van der Waals surface area contributed by atoms with Crippen molar-refractivity contribution in [3.8, 4) is 5.75 Å². The third kappa shape index (κ3) is 4.13. The molecule has 7 heteroatoms. The van der Waals surface area contributed by atoms with Gasteiger partial charge in [0.25, 0.3) is 6.01 Å². The molecule has 0 saturated carbocycles. The lowest BCUT2D eigenvalue weighted by Crippen LogP contribution is -2.12. The Morgan fingerprint density at radius 1 is 1.43 bits per heavy atom. The number of anilines is 2. The number of para-hydroxylation sites is 2. The molecular weight excluding hydrogens is 274 g/mol. The van der Waals surface area contributed by atoms with Crippen LogP contribution < -0.4 is 15.8 Å². The Bertz CT molecular complexity index is 597. The average Bonchev–Trinajstić information content (AvgIpc) is 2.94. The van der Waals surface area contributed by atoms with Gasteiger partial charge in [-0.15, -0.1) is 0 Å². The predicted molar refractivity (Wildman–Crippen MR) is 77.3 cm³/mol. The topological polar surface area (TPSA) is 99.6 Å². The highest BCUT2D eigenvalue weighted by Crippen LogP contribution is 2.19. The minimum atomic E-state index is -0.511. The molecule has 0 aliphatic carbocycles. The largest absolute Gasteiger partial charge is 0.490 e. The Balaban J connectivity index is 1.76. The summed E-state index contributed by atoms with van der Waals surface area (Å²) < 4.78 is 15.4. The first-order chi connectivity index (χ1) is 10.2. The predicted octanol–water partition coefficient (Wildman–Crippen LogP) is 1.92. The fourth-order valence-corrected chi connectivity index (χ4v) is 1.58. The highest BCUT2D eigenvalue weighted by molar-refractivity contribution is 5.87. The standard InChI is InChI=1S/C14H17N3O4/c1-2-19-13(18)11-9-21-14(17-11)16-7-8-20-12-6-4-3-5-10(12)15/h3-6,9H,2,7-8,15H2,1H3,(H,16,17). The molecule has 0 aliphatic heterocycles. The third-order valence-corrected chi connectivity index (χ3v) is 2.54. The Labute approximate surface area is 122 Å². The van der Waals surface area contributed by atoms with Crippen molar-refractivity contribution in [1.82, 2.24) is 4.98 Å². The molecule has 0 amide bonds. The van der Waals surface area contributed by atoms with Gasteiger partial charge in [0.2, 0.25) is 0 Å². The van der Waals surface area contributed by atoms with E-state index in [0.717, 1.165) is 0 Å². The molecule has 0 fully saturated rings. The lowest BCUT2D eigenvalue weighted by Gasteiger charge is -2.08. The Morgan fingerprint density at radius 3 is 3.00 bits per heavy atom. The van der Waals surface area contributed by atoms with Gasteiger partial charge >= 0.3 is 5.97 Å². The van der Waals surface area contributed by atoms with Crippen LogP contribution in [-0.4, -0.2) is 30.7 Å². The van der Waals surface area contributed by atoms with E-state index in [1.165, 1.54) is 6.26 Å². The van der Waals surface area contributed by atoms with E-state index < -0.39 is 5.97 Å². The summed E-state index contributed by atoms with van der Waals surface area (Å²) in [5.74, 6) is 0.113. The normalized spacial score (nSPS) is 10.1. The zero-order valence-corrected chi connectivity index (χ0v) is 11.7. The van der Waals surface area contributed by atoms with Crippen LogP contribution in [-0.2, 0) is 4.74 Å². The van der Waals surface area contributed by atoms with Crippen molar-refractivity contribution in [2.75, 3.05) is 30.8 Å². The molecule has 3 N–H and O–H groups in total. The molecule has 1 aromatic heterocycles. The van der Waals surface area contributed by atoms with E-state index in [4.69, 9.17) is 19.6 Å². The monoisotopic (exact) mass is 291 g/mol. The highest BCUT2D eigenvalue weighted by atomic mass is 16.5. The second-order valence-electron chi connectivity index (χ2n) is 4.07. The number of esters is 1. The van der Waals surface area contributed by atoms with Gasteiger partial charge in [0.15, 0.2) is 5.69 Å². The zero-order valence-electron chi connectivity index (χ0n) is 11.7. The summed E-state index contributed by atoms with van der Waals surface area (Å²) in [5, 5.41) is 2.90. The van der Waals surface area contributed by atoms with E-state index in [0.29, 0.717) is 31.2 Å². The van der Waals surface area contributed by atoms with E-state index >= 15 is 0 Å². The molecule has 1 aromatic carbocycles. The van der Waals surface area contributed by atoms with Gasteiger partial charge in [-0.05, 0) is 19.1 Å². The van der Waals surface area contributed by atoms with Gasteiger partial charge < -0.3 is 24.9 Å². The number of hydrogen-bond acceptors (Lipinski definition) is 7. The van der Waals surface area contributed by atoms with Crippen LogP contribution in [0.1, 0.15) is 17.4 Å². The quantitative estimate of drug-likeness (QED) is 0.456. The minimum Gasteiger partial charge on any atom is -0.490 e. The van der Waals surface area contributed by atoms with Gasteiger partial charge in [-0.2, -0.15) is 4.98 Å². The van der Waals surface area contributed by atoms with Crippen molar-refractivity contribution in [2.45, 2.75) is 6.92 Å². The van der Waals surface area contributed by atoms with Gasteiger partial charge in [-0.25, -0.2) is 4.79 Å². The van der Waals surface area contributed by atoms with E-state index in [-0.39, 0.29) is 11.7 Å². The number of carbonyl (C=O) groups excluding carboxylic acids is 1. The van der Waals surface area contributed by atoms with Crippen LogP contribution in [0, 0.1) is 0 Å². The summed E-state index contributed by atoms with van der Waals surface area (Å²) in [4.78, 5) is 15.4. The van der Waals surface area contributed by atoms with Crippen molar-refractivity contribution >= 4 is 17.7 Å². The fraction of sp³-hybridized carbons (Fsp3) is 0.286. The van der Waals surface area contributed by atoms with Crippen LogP contribution in [0.15, 0.2) is 34.9 Å².